The number of morpholine rings is 1. The van der Waals surface area contributed by atoms with Crippen LogP contribution < -0.4 is 5.32 Å². The molecule has 2 rings (SSSR count). The van der Waals surface area contributed by atoms with Crippen molar-refractivity contribution in [1.82, 2.24) is 10.2 Å². The lowest BCUT2D eigenvalue weighted by Crippen LogP contribution is -2.54. The van der Waals surface area contributed by atoms with Gasteiger partial charge < -0.3 is 20.1 Å². The Morgan fingerprint density at radius 2 is 2.22 bits per heavy atom. The van der Waals surface area contributed by atoms with Crippen LogP contribution in [0.4, 0.5) is 4.79 Å². The van der Waals surface area contributed by atoms with E-state index in [0.29, 0.717) is 25.7 Å². The Balaban J connectivity index is 1.89. The van der Waals surface area contributed by atoms with Gasteiger partial charge in [-0.3, -0.25) is 4.79 Å². The van der Waals surface area contributed by atoms with Crippen LogP contribution >= 0.6 is 0 Å². The molecule has 2 amide bonds. The number of ether oxygens (including phenoxy) is 1. The highest BCUT2D eigenvalue weighted by Crippen LogP contribution is 2.34. The monoisotopic (exact) mass is 256 g/mol. The van der Waals surface area contributed by atoms with Crippen molar-refractivity contribution in [1.29, 1.82) is 0 Å². The summed E-state index contributed by atoms with van der Waals surface area (Å²) < 4.78 is 5.28. The van der Waals surface area contributed by atoms with Crippen molar-refractivity contribution in [3.8, 4) is 0 Å². The second kappa shape index (κ2) is 5.56. The van der Waals surface area contributed by atoms with Crippen molar-refractivity contribution >= 4 is 12.0 Å². The largest absolute Gasteiger partial charge is 0.481 e. The van der Waals surface area contributed by atoms with E-state index in [1.54, 1.807) is 4.90 Å². The van der Waals surface area contributed by atoms with Crippen molar-refractivity contribution < 1.29 is 19.4 Å². The van der Waals surface area contributed by atoms with Gasteiger partial charge in [0.2, 0.25) is 0 Å². The minimum absolute atomic E-state index is 0.00906. The van der Waals surface area contributed by atoms with Gasteiger partial charge in [0.05, 0.1) is 25.7 Å². The molecule has 2 aliphatic rings. The highest BCUT2D eigenvalue weighted by atomic mass is 16.5. The van der Waals surface area contributed by atoms with Gasteiger partial charge in [0.15, 0.2) is 0 Å². The SMILES string of the molecule is CC1COCCN1C(=O)NC(CC(=O)O)C1CC1. The van der Waals surface area contributed by atoms with Gasteiger partial charge in [-0.2, -0.15) is 0 Å². The second-order valence-corrected chi connectivity index (χ2v) is 5.11. The lowest BCUT2D eigenvalue weighted by molar-refractivity contribution is -0.137. The summed E-state index contributed by atoms with van der Waals surface area (Å²) in [7, 11) is 0. The zero-order valence-electron chi connectivity index (χ0n) is 10.6. The van der Waals surface area contributed by atoms with E-state index in [4.69, 9.17) is 9.84 Å². The minimum atomic E-state index is -0.859. The van der Waals surface area contributed by atoms with Crippen LogP contribution in [0.15, 0.2) is 0 Å². The molecular weight excluding hydrogens is 236 g/mol. The molecule has 2 N–H and O–H groups in total. The van der Waals surface area contributed by atoms with Crippen molar-refractivity contribution in [3.05, 3.63) is 0 Å². The molecule has 2 atom stereocenters. The van der Waals surface area contributed by atoms with E-state index in [2.05, 4.69) is 5.32 Å². The molecule has 2 fully saturated rings. The molecule has 102 valence electrons. The number of hydrogen-bond acceptors (Lipinski definition) is 3. The van der Waals surface area contributed by atoms with E-state index in [1.165, 1.54) is 0 Å². The molecule has 2 unspecified atom stereocenters. The highest BCUT2D eigenvalue weighted by molar-refractivity contribution is 5.76. The Bertz CT molecular complexity index is 330. The molecule has 1 saturated carbocycles. The first-order chi connectivity index (χ1) is 8.58. The van der Waals surface area contributed by atoms with Crippen LogP contribution in [0, 0.1) is 5.92 Å². The number of amides is 2. The smallest absolute Gasteiger partial charge is 0.318 e. The van der Waals surface area contributed by atoms with Gasteiger partial charge >= 0.3 is 12.0 Å². The Morgan fingerprint density at radius 3 is 2.78 bits per heavy atom. The number of carboxylic acid groups (broad SMARTS) is 1. The summed E-state index contributed by atoms with van der Waals surface area (Å²) in [6.45, 7) is 3.59. The van der Waals surface area contributed by atoms with Gasteiger partial charge in [-0.05, 0) is 25.7 Å². The molecule has 0 aromatic carbocycles. The summed E-state index contributed by atoms with van der Waals surface area (Å²) in [5.74, 6) is -0.524. The lowest BCUT2D eigenvalue weighted by Gasteiger charge is -2.34. The Morgan fingerprint density at radius 1 is 1.50 bits per heavy atom. The molecule has 1 saturated heterocycles. The van der Waals surface area contributed by atoms with Gasteiger partial charge in [-0.15, -0.1) is 0 Å². The van der Waals surface area contributed by atoms with Gasteiger partial charge in [0.25, 0.3) is 0 Å². The van der Waals surface area contributed by atoms with Crippen LogP contribution in [0.1, 0.15) is 26.2 Å². The number of urea groups is 1. The number of carboxylic acids is 1. The van der Waals surface area contributed by atoms with E-state index in [0.717, 1.165) is 12.8 Å². The fraction of sp³-hybridized carbons (Fsp3) is 0.833. The van der Waals surface area contributed by atoms with Crippen molar-refractivity contribution in [2.75, 3.05) is 19.8 Å². The molecule has 0 radical (unpaired) electrons. The van der Waals surface area contributed by atoms with Crippen LogP contribution in [-0.2, 0) is 9.53 Å². The molecule has 18 heavy (non-hydrogen) atoms. The first kappa shape index (κ1) is 13.1. The van der Waals surface area contributed by atoms with Gasteiger partial charge in [-0.25, -0.2) is 4.79 Å². The Hall–Kier alpha value is -1.30. The van der Waals surface area contributed by atoms with E-state index in [1.807, 2.05) is 6.92 Å². The maximum absolute atomic E-state index is 12.1. The van der Waals surface area contributed by atoms with Crippen LogP contribution in [0.5, 0.6) is 0 Å². The summed E-state index contributed by atoms with van der Waals surface area (Å²) in [5, 5.41) is 11.7. The summed E-state index contributed by atoms with van der Waals surface area (Å²) in [6, 6.07) is -0.350. The van der Waals surface area contributed by atoms with Crippen molar-refractivity contribution in [2.24, 2.45) is 5.92 Å². The normalized spacial score (nSPS) is 25.6. The molecule has 0 aromatic heterocycles. The molecule has 6 heteroatoms. The predicted octanol–water partition coefficient (Wildman–Crippen LogP) is 0.670. The van der Waals surface area contributed by atoms with E-state index >= 15 is 0 Å². The van der Waals surface area contributed by atoms with Crippen LogP contribution in [0.2, 0.25) is 0 Å². The maximum atomic E-state index is 12.1. The van der Waals surface area contributed by atoms with E-state index < -0.39 is 5.97 Å². The van der Waals surface area contributed by atoms with Crippen LogP contribution in [-0.4, -0.2) is 53.8 Å². The van der Waals surface area contributed by atoms with Crippen molar-refractivity contribution in [3.63, 3.8) is 0 Å². The minimum Gasteiger partial charge on any atom is -0.481 e. The topological polar surface area (TPSA) is 78.9 Å². The summed E-state index contributed by atoms with van der Waals surface area (Å²) >= 11 is 0. The Labute approximate surface area is 106 Å². The molecule has 0 bridgehead atoms. The van der Waals surface area contributed by atoms with Gasteiger partial charge in [0.1, 0.15) is 0 Å². The number of aliphatic carboxylic acids is 1. The standard InChI is InChI=1S/C12H20N2O4/c1-8-7-18-5-4-14(8)12(17)13-10(6-11(15)16)9-2-3-9/h8-10H,2-7H2,1H3,(H,13,17)(H,15,16). The number of nitrogens with zero attached hydrogens (tertiary/aromatic N) is 1. The van der Waals surface area contributed by atoms with Crippen LogP contribution in [0.3, 0.4) is 0 Å². The average molecular weight is 256 g/mol. The van der Waals surface area contributed by atoms with Gasteiger partial charge in [0, 0.05) is 12.6 Å². The van der Waals surface area contributed by atoms with E-state index in [-0.39, 0.29) is 24.5 Å². The quantitative estimate of drug-likeness (QED) is 0.775. The average Bonchev–Trinajstić information content (AvgIpc) is 3.11. The van der Waals surface area contributed by atoms with E-state index in [9.17, 15) is 9.59 Å². The summed E-state index contributed by atoms with van der Waals surface area (Å²) in [6.07, 6.45) is 2.03. The molecule has 1 aliphatic heterocycles. The lowest BCUT2D eigenvalue weighted by atomic mass is 10.1. The number of nitrogens with one attached hydrogen (secondary N) is 1. The third-order valence-electron chi connectivity index (χ3n) is 3.52. The zero-order chi connectivity index (χ0) is 13.1. The third kappa shape index (κ3) is 3.35. The number of carbonyl (C=O) groups is 2. The fourth-order valence-corrected chi connectivity index (χ4v) is 2.29. The predicted molar refractivity (Wildman–Crippen MR) is 64.3 cm³/mol. The highest BCUT2D eigenvalue weighted by Gasteiger charge is 2.35. The molecule has 1 aliphatic carbocycles. The zero-order valence-corrected chi connectivity index (χ0v) is 10.6. The second-order valence-electron chi connectivity index (χ2n) is 5.11. The van der Waals surface area contributed by atoms with Gasteiger partial charge in [-0.1, -0.05) is 0 Å². The summed E-state index contributed by atoms with van der Waals surface area (Å²) in [5.41, 5.74) is 0. The Kier molecular flexibility index (Phi) is 4.06. The fourth-order valence-electron chi connectivity index (χ4n) is 2.29. The summed E-state index contributed by atoms with van der Waals surface area (Å²) in [4.78, 5) is 24.6. The molecule has 0 spiro atoms. The number of carbonyl (C=O) groups excluding carboxylic acids is 1. The number of hydrogen-bond donors (Lipinski definition) is 2. The molecule has 0 aromatic rings. The first-order valence-corrected chi connectivity index (χ1v) is 6.44. The third-order valence-corrected chi connectivity index (χ3v) is 3.52. The first-order valence-electron chi connectivity index (χ1n) is 6.44. The molecule has 6 nitrogen and oxygen atoms in total. The number of rotatable bonds is 4. The molecular formula is C12H20N2O4. The maximum Gasteiger partial charge on any atom is 0.318 e. The van der Waals surface area contributed by atoms with Crippen molar-refractivity contribution in [2.45, 2.75) is 38.3 Å². The van der Waals surface area contributed by atoms with Crippen LogP contribution in [0.25, 0.3) is 0 Å². The molecule has 1 heterocycles.